The summed E-state index contributed by atoms with van der Waals surface area (Å²) in [6.07, 6.45) is 1.82. The number of thiocarbonyl (C=S) groups is 1. The van der Waals surface area contributed by atoms with Gasteiger partial charge in [0.15, 0.2) is 5.11 Å². The molecule has 0 bridgehead atoms. The molecule has 1 fully saturated rings. The molecule has 0 saturated carbocycles. The van der Waals surface area contributed by atoms with Gasteiger partial charge in [0.05, 0.1) is 11.2 Å². The number of fused-ring (bicyclic) bond motifs is 1. The second-order valence-corrected chi connectivity index (χ2v) is 4.12. The zero-order valence-electron chi connectivity index (χ0n) is 8.68. The van der Waals surface area contributed by atoms with E-state index in [0.717, 1.165) is 34.8 Å². The summed E-state index contributed by atoms with van der Waals surface area (Å²) in [7, 11) is 0. The first-order valence-corrected chi connectivity index (χ1v) is 5.66. The van der Waals surface area contributed by atoms with E-state index in [1.807, 2.05) is 18.3 Å². The lowest BCUT2D eigenvalue weighted by molar-refractivity contribution is 0.976. The normalized spacial score (nSPS) is 15.5. The number of hydrogen-bond donors (Lipinski definition) is 1. The molecule has 0 unspecified atom stereocenters. The summed E-state index contributed by atoms with van der Waals surface area (Å²) in [5.74, 6) is 0. The van der Waals surface area contributed by atoms with Crippen LogP contribution in [0.25, 0.3) is 10.9 Å². The molecule has 4 heteroatoms. The smallest absolute Gasteiger partial charge is 0.173 e. The third kappa shape index (κ3) is 1.42. The maximum absolute atomic E-state index is 5.27. The summed E-state index contributed by atoms with van der Waals surface area (Å²) in [5.41, 5.74) is 2.10. The number of nitrogens with one attached hydrogen (secondary N) is 1. The van der Waals surface area contributed by atoms with E-state index in [1.165, 1.54) is 0 Å². The van der Waals surface area contributed by atoms with Crippen LogP contribution in [0.5, 0.6) is 0 Å². The zero-order chi connectivity index (χ0) is 11.0. The average Bonchev–Trinajstić information content (AvgIpc) is 2.75. The Morgan fingerprint density at radius 3 is 2.94 bits per heavy atom. The molecule has 0 amide bonds. The van der Waals surface area contributed by atoms with Gasteiger partial charge in [-0.2, -0.15) is 0 Å². The lowest BCUT2D eigenvalue weighted by atomic mass is 10.2. The molecule has 3 rings (SSSR count). The van der Waals surface area contributed by atoms with E-state index in [9.17, 15) is 0 Å². The Kier molecular flexibility index (Phi) is 2.22. The molecule has 1 aromatic carbocycles. The monoisotopic (exact) mass is 229 g/mol. The van der Waals surface area contributed by atoms with Gasteiger partial charge in [-0.1, -0.05) is 18.2 Å². The van der Waals surface area contributed by atoms with Gasteiger partial charge in [-0.25, -0.2) is 0 Å². The van der Waals surface area contributed by atoms with Crippen molar-refractivity contribution in [3.8, 4) is 0 Å². The number of para-hydroxylation sites is 1. The van der Waals surface area contributed by atoms with E-state index in [-0.39, 0.29) is 0 Å². The minimum atomic E-state index is 0.790. The van der Waals surface area contributed by atoms with Gasteiger partial charge in [0.2, 0.25) is 0 Å². The summed E-state index contributed by atoms with van der Waals surface area (Å²) in [5, 5.41) is 5.10. The number of benzene rings is 1. The molecule has 2 heterocycles. The van der Waals surface area contributed by atoms with Crippen LogP contribution < -0.4 is 10.2 Å². The number of nitrogens with zero attached hydrogens (tertiary/aromatic N) is 2. The second-order valence-electron chi connectivity index (χ2n) is 3.74. The molecule has 1 aliphatic heterocycles. The van der Waals surface area contributed by atoms with E-state index in [1.54, 1.807) is 0 Å². The second kappa shape index (κ2) is 3.72. The van der Waals surface area contributed by atoms with Crippen LogP contribution in [-0.4, -0.2) is 23.2 Å². The fourth-order valence-electron chi connectivity index (χ4n) is 2.01. The van der Waals surface area contributed by atoms with E-state index in [4.69, 9.17) is 12.2 Å². The number of pyridine rings is 1. The van der Waals surface area contributed by atoms with Crippen LogP contribution in [0.3, 0.4) is 0 Å². The molecule has 1 saturated heterocycles. The van der Waals surface area contributed by atoms with Crippen molar-refractivity contribution in [3.05, 3.63) is 36.5 Å². The highest BCUT2D eigenvalue weighted by Crippen LogP contribution is 2.25. The predicted molar refractivity (Wildman–Crippen MR) is 69.7 cm³/mol. The van der Waals surface area contributed by atoms with Crippen molar-refractivity contribution in [3.63, 3.8) is 0 Å². The van der Waals surface area contributed by atoms with Gasteiger partial charge in [0, 0.05) is 24.7 Å². The molecule has 2 aromatic rings. The molecular formula is C12H11N3S. The van der Waals surface area contributed by atoms with Gasteiger partial charge in [-0.05, 0) is 24.4 Å². The molecule has 0 atom stereocenters. The summed E-state index contributed by atoms with van der Waals surface area (Å²) < 4.78 is 0. The Bertz CT molecular complexity index is 547. The quantitative estimate of drug-likeness (QED) is 0.756. The average molecular weight is 229 g/mol. The van der Waals surface area contributed by atoms with Crippen molar-refractivity contribution in [2.75, 3.05) is 18.0 Å². The molecule has 80 valence electrons. The number of aromatic nitrogens is 1. The molecule has 16 heavy (non-hydrogen) atoms. The molecule has 0 aliphatic carbocycles. The molecule has 0 spiro atoms. The van der Waals surface area contributed by atoms with Crippen LogP contribution in [-0.2, 0) is 0 Å². The maximum atomic E-state index is 5.27. The fraction of sp³-hybridized carbons (Fsp3) is 0.167. The van der Waals surface area contributed by atoms with Crippen molar-refractivity contribution in [2.24, 2.45) is 0 Å². The number of hydrogen-bond acceptors (Lipinski definition) is 2. The van der Waals surface area contributed by atoms with Gasteiger partial charge >= 0.3 is 0 Å². The van der Waals surface area contributed by atoms with Crippen LogP contribution in [0.1, 0.15) is 0 Å². The van der Waals surface area contributed by atoms with Crippen LogP contribution in [0.2, 0.25) is 0 Å². The first kappa shape index (κ1) is 9.54. The Morgan fingerprint density at radius 1 is 1.25 bits per heavy atom. The Hall–Kier alpha value is -1.68. The maximum Gasteiger partial charge on any atom is 0.173 e. The van der Waals surface area contributed by atoms with E-state index >= 15 is 0 Å². The fourth-order valence-corrected chi connectivity index (χ4v) is 2.30. The van der Waals surface area contributed by atoms with Gasteiger partial charge in [-0.15, -0.1) is 0 Å². The molecule has 1 aliphatic rings. The van der Waals surface area contributed by atoms with Crippen molar-refractivity contribution >= 4 is 33.9 Å². The van der Waals surface area contributed by atoms with E-state index in [0.29, 0.717) is 0 Å². The minimum Gasteiger partial charge on any atom is -0.360 e. The van der Waals surface area contributed by atoms with Gasteiger partial charge in [-0.3, -0.25) is 4.98 Å². The van der Waals surface area contributed by atoms with Gasteiger partial charge in [0.1, 0.15) is 0 Å². The van der Waals surface area contributed by atoms with Crippen LogP contribution in [0.4, 0.5) is 5.69 Å². The standard InChI is InChI=1S/C12H11N3S/c16-12-14-7-8-15(12)10-5-1-3-9-4-2-6-13-11(9)10/h1-6H,7-8H2,(H,14,16). The molecule has 0 radical (unpaired) electrons. The summed E-state index contributed by atoms with van der Waals surface area (Å²) >= 11 is 5.27. The van der Waals surface area contributed by atoms with Crippen molar-refractivity contribution in [2.45, 2.75) is 0 Å². The highest BCUT2D eigenvalue weighted by Gasteiger charge is 2.19. The molecule has 1 N–H and O–H groups in total. The molecule has 3 nitrogen and oxygen atoms in total. The largest absolute Gasteiger partial charge is 0.360 e. The van der Waals surface area contributed by atoms with Crippen molar-refractivity contribution < 1.29 is 0 Å². The number of anilines is 1. The van der Waals surface area contributed by atoms with Gasteiger partial charge < -0.3 is 10.2 Å². The Morgan fingerprint density at radius 2 is 2.12 bits per heavy atom. The topological polar surface area (TPSA) is 28.2 Å². The third-order valence-electron chi connectivity index (χ3n) is 2.76. The Labute approximate surface area is 99.1 Å². The SMILES string of the molecule is S=C1NCCN1c1cccc2cccnc12. The summed E-state index contributed by atoms with van der Waals surface area (Å²) in [4.78, 5) is 6.53. The summed E-state index contributed by atoms with van der Waals surface area (Å²) in [6.45, 7) is 1.82. The third-order valence-corrected chi connectivity index (χ3v) is 3.12. The predicted octanol–water partition coefficient (Wildman–Crippen LogP) is 1.93. The minimum absolute atomic E-state index is 0.790. The molecular weight excluding hydrogens is 218 g/mol. The van der Waals surface area contributed by atoms with E-state index in [2.05, 4.69) is 33.4 Å². The first-order chi connectivity index (χ1) is 7.86. The lowest BCUT2D eigenvalue weighted by Gasteiger charge is -2.17. The summed E-state index contributed by atoms with van der Waals surface area (Å²) in [6, 6.07) is 10.2. The van der Waals surface area contributed by atoms with Crippen LogP contribution >= 0.6 is 12.2 Å². The van der Waals surface area contributed by atoms with Crippen molar-refractivity contribution in [1.29, 1.82) is 0 Å². The zero-order valence-corrected chi connectivity index (χ0v) is 9.50. The number of rotatable bonds is 1. The van der Waals surface area contributed by atoms with Crippen LogP contribution in [0, 0.1) is 0 Å². The van der Waals surface area contributed by atoms with Gasteiger partial charge in [0.25, 0.3) is 0 Å². The highest BCUT2D eigenvalue weighted by molar-refractivity contribution is 7.80. The first-order valence-electron chi connectivity index (χ1n) is 5.25. The molecule has 1 aromatic heterocycles. The van der Waals surface area contributed by atoms with Crippen LogP contribution in [0.15, 0.2) is 36.5 Å². The highest BCUT2D eigenvalue weighted by atomic mass is 32.1. The Balaban J connectivity index is 2.19. The lowest BCUT2D eigenvalue weighted by Crippen LogP contribution is -2.27. The van der Waals surface area contributed by atoms with Crippen molar-refractivity contribution in [1.82, 2.24) is 10.3 Å². The van der Waals surface area contributed by atoms with E-state index < -0.39 is 0 Å².